The van der Waals surface area contributed by atoms with Crippen molar-refractivity contribution in [2.75, 3.05) is 20.1 Å². The molecule has 0 aromatic heterocycles. The first-order chi connectivity index (χ1) is 4.57. The Kier molecular flexibility index (Phi) is 3.87. The van der Waals surface area contributed by atoms with Crippen molar-refractivity contribution in [3.05, 3.63) is 0 Å². The summed E-state index contributed by atoms with van der Waals surface area (Å²) in [4.78, 5) is 11.4. The van der Waals surface area contributed by atoms with Crippen molar-refractivity contribution in [2.45, 2.75) is 6.43 Å². The zero-order valence-electron chi connectivity index (χ0n) is 5.68. The normalized spacial score (nSPS) is 10.1. The summed E-state index contributed by atoms with van der Waals surface area (Å²) in [5, 5.41) is 0. The van der Waals surface area contributed by atoms with E-state index in [4.69, 9.17) is 5.73 Å². The topological polar surface area (TPSA) is 46.3 Å². The number of nitrogens with zero attached hydrogens (tertiary/aromatic N) is 1. The van der Waals surface area contributed by atoms with E-state index in [-0.39, 0.29) is 6.54 Å². The van der Waals surface area contributed by atoms with Crippen LogP contribution in [0.1, 0.15) is 0 Å². The van der Waals surface area contributed by atoms with Crippen LogP contribution in [0.3, 0.4) is 0 Å². The molecule has 0 saturated carbocycles. The van der Waals surface area contributed by atoms with E-state index in [2.05, 4.69) is 0 Å². The van der Waals surface area contributed by atoms with Crippen LogP contribution in [0.4, 0.5) is 8.78 Å². The summed E-state index contributed by atoms with van der Waals surface area (Å²) >= 11 is 0. The third-order valence-electron chi connectivity index (χ3n) is 1.01. The van der Waals surface area contributed by atoms with Gasteiger partial charge in [-0.15, -0.1) is 0 Å². The number of hydrogen-bond donors (Lipinski definition) is 1. The summed E-state index contributed by atoms with van der Waals surface area (Å²) in [6.45, 7) is -0.765. The van der Waals surface area contributed by atoms with Gasteiger partial charge < -0.3 is 10.6 Å². The molecule has 0 heterocycles. The molecule has 0 bridgehead atoms. The quantitative estimate of drug-likeness (QED) is 0.601. The molecule has 60 valence electrons. The first kappa shape index (κ1) is 9.29. The van der Waals surface area contributed by atoms with E-state index in [1.54, 1.807) is 0 Å². The lowest BCUT2D eigenvalue weighted by Crippen LogP contribution is -2.35. The van der Waals surface area contributed by atoms with Crippen molar-refractivity contribution in [2.24, 2.45) is 5.73 Å². The van der Waals surface area contributed by atoms with Crippen LogP contribution in [-0.4, -0.2) is 37.4 Å². The molecule has 0 rings (SSSR count). The van der Waals surface area contributed by atoms with Gasteiger partial charge in [0.05, 0.1) is 13.1 Å². The fraction of sp³-hybridized carbons (Fsp3) is 0.800. The van der Waals surface area contributed by atoms with Gasteiger partial charge in [-0.3, -0.25) is 4.79 Å². The maximum absolute atomic E-state index is 11.5. The van der Waals surface area contributed by atoms with Gasteiger partial charge in [0.1, 0.15) is 0 Å². The highest BCUT2D eigenvalue weighted by Gasteiger charge is 2.11. The van der Waals surface area contributed by atoms with E-state index in [9.17, 15) is 13.6 Å². The van der Waals surface area contributed by atoms with E-state index in [1.807, 2.05) is 0 Å². The number of carbonyl (C=O) groups is 1. The van der Waals surface area contributed by atoms with Gasteiger partial charge in [0.25, 0.3) is 6.43 Å². The molecule has 0 fully saturated rings. The van der Waals surface area contributed by atoms with Crippen LogP contribution in [0.15, 0.2) is 0 Å². The zero-order valence-corrected chi connectivity index (χ0v) is 5.68. The van der Waals surface area contributed by atoms with Gasteiger partial charge in [0.15, 0.2) is 0 Å². The fourth-order valence-corrected chi connectivity index (χ4v) is 0.465. The molecule has 1 amide bonds. The second-order valence-corrected chi connectivity index (χ2v) is 1.87. The Bertz CT molecular complexity index is 118. The van der Waals surface area contributed by atoms with Gasteiger partial charge in [0, 0.05) is 7.05 Å². The van der Waals surface area contributed by atoms with Gasteiger partial charge in [-0.1, -0.05) is 0 Å². The van der Waals surface area contributed by atoms with E-state index in [0.29, 0.717) is 0 Å². The summed E-state index contributed by atoms with van der Waals surface area (Å²) in [7, 11) is 1.29. The molecular weight excluding hydrogens is 142 g/mol. The second-order valence-electron chi connectivity index (χ2n) is 1.87. The van der Waals surface area contributed by atoms with Crippen molar-refractivity contribution >= 4 is 5.91 Å². The number of alkyl halides is 2. The number of nitrogens with two attached hydrogens (primary N) is 1. The monoisotopic (exact) mass is 152 g/mol. The molecule has 5 heteroatoms. The molecule has 0 radical (unpaired) electrons. The Hall–Kier alpha value is -0.710. The molecule has 0 atom stereocenters. The van der Waals surface area contributed by atoms with Gasteiger partial charge in [0.2, 0.25) is 5.91 Å². The minimum absolute atomic E-state index is 0.219. The van der Waals surface area contributed by atoms with Crippen LogP contribution in [0.2, 0.25) is 0 Å². The molecule has 0 aliphatic heterocycles. The Morgan fingerprint density at radius 2 is 2.20 bits per heavy atom. The van der Waals surface area contributed by atoms with Gasteiger partial charge in [-0.25, -0.2) is 8.78 Å². The third-order valence-corrected chi connectivity index (χ3v) is 1.01. The number of rotatable bonds is 3. The summed E-state index contributed by atoms with van der Waals surface area (Å²) in [6.07, 6.45) is -2.49. The Labute approximate surface area is 57.8 Å². The summed E-state index contributed by atoms with van der Waals surface area (Å²) in [5.41, 5.74) is 4.91. The predicted molar refractivity (Wildman–Crippen MR) is 32.7 cm³/mol. The zero-order chi connectivity index (χ0) is 8.15. The number of hydrogen-bond acceptors (Lipinski definition) is 2. The van der Waals surface area contributed by atoms with Crippen LogP contribution in [0.5, 0.6) is 0 Å². The highest BCUT2D eigenvalue weighted by molar-refractivity contribution is 5.77. The Morgan fingerprint density at radius 3 is 2.50 bits per heavy atom. The minimum Gasteiger partial charge on any atom is -0.339 e. The molecule has 0 aromatic carbocycles. The molecule has 10 heavy (non-hydrogen) atoms. The van der Waals surface area contributed by atoms with Crippen molar-refractivity contribution in [1.82, 2.24) is 4.90 Å². The predicted octanol–water partition coefficient (Wildman–Crippen LogP) is -0.331. The second kappa shape index (κ2) is 4.16. The fourth-order valence-electron chi connectivity index (χ4n) is 0.465. The van der Waals surface area contributed by atoms with Crippen molar-refractivity contribution in [3.8, 4) is 0 Å². The molecule has 0 aliphatic carbocycles. The van der Waals surface area contributed by atoms with Gasteiger partial charge >= 0.3 is 0 Å². The first-order valence-corrected chi connectivity index (χ1v) is 2.80. The molecule has 0 unspecified atom stereocenters. The van der Waals surface area contributed by atoms with Crippen molar-refractivity contribution in [3.63, 3.8) is 0 Å². The number of likely N-dealkylation sites (N-methyl/N-ethyl adjacent to an activating group) is 1. The van der Waals surface area contributed by atoms with E-state index in [1.165, 1.54) is 7.05 Å². The maximum atomic E-state index is 11.5. The maximum Gasteiger partial charge on any atom is 0.255 e. The first-order valence-electron chi connectivity index (χ1n) is 2.80. The van der Waals surface area contributed by atoms with Gasteiger partial charge in [-0.2, -0.15) is 0 Å². The van der Waals surface area contributed by atoms with Crippen LogP contribution in [0, 0.1) is 0 Å². The van der Waals surface area contributed by atoms with E-state index < -0.39 is 18.9 Å². The highest BCUT2D eigenvalue weighted by atomic mass is 19.3. The van der Waals surface area contributed by atoms with E-state index >= 15 is 0 Å². The van der Waals surface area contributed by atoms with E-state index in [0.717, 1.165) is 4.90 Å². The number of halogens is 2. The smallest absolute Gasteiger partial charge is 0.255 e. The molecule has 0 spiro atoms. The van der Waals surface area contributed by atoms with Gasteiger partial charge in [-0.05, 0) is 0 Å². The summed E-state index contributed by atoms with van der Waals surface area (Å²) in [5.74, 6) is -0.472. The average Bonchev–Trinajstić information content (AvgIpc) is 1.85. The molecule has 0 aliphatic rings. The number of amides is 1. The van der Waals surface area contributed by atoms with Crippen LogP contribution in [0.25, 0.3) is 0 Å². The lowest BCUT2D eigenvalue weighted by molar-refractivity contribution is -0.130. The largest absolute Gasteiger partial charge is 0.339 e. The molecule has 3 nitrogen and oxygen atoms in total. The Morgan fingerprint density at radius 1 is 1.70 bits per heavy atom. The average molecular weight is 152 g/mol. The summed E-state index contributed by atoms with van der Waals surface area (Å²) in [6, 6.07) is 0. The highest BCUT2D eigenvalue weighted by Crippen LogP contribution is 1.94. The minimum atomic E-state index is -2.49. The van der Waals surface area contributed by atoms with Crippen LogP contribution >= 0.6 is 0 Å². The molecular formula is C5H10F2N2O. The van der Waals surface area contributed by atoms with Crippen molar-refractivity contribution in [1.29, 1.82) is 0 Å². The lowest BCUT2D eigenvalue weighted by Gasteiger charge is -2.14. The van der Waals surface area contributed by atoms with Crippen LogP contribution < -0.4 is 5.73 Å². The van der Waals surface area contributed by atoms with Crippen LogP contribution in [-0.2, 0) is 4.79 Å². The van der Waals surface area contributed by atoms with Crippen molar-refractivity contribution < 1.29 is 13.6 Å². The lowest BCUT2D eigenvalue weighted by atomic mass is 10.5. The molecule has 2 N–H and O–H groups in total. The number of carbonyl (C=O) groups excluding carboxylic acids is 1. The third kappa shape index (κ3) is 3.34. The SMILES string of the molecule is CN(CC(F)F)C(=O)CN. The standard InChI is InChI=1S/C5H10F2N2O/c1-9(3-4(6)7)5(10)2-8/h4H,2-3,8H2,1H3. The molecule has 0 aromatic rings. The summed E-state index contributed by atoms with van der Waals surface area (Å²) < 4.78 is 23.1. The molecule has 0 saturated heterocycles. The Balaban J connectivity index is 3.61.